The maximum atomic E-state index is 13.4. The molecule has 9 heteroatoms. The summed E-state index contributed by atoms with van der Waals surface area (Å²) in [4.78, 5) is 40.0. The third kappa shape index (κ3) is 8.57. The molecule has 3 aromatic rings. The van der Waals surface area contributed by atoms with Gasteiger partial charge in [-0.05, 0) is 47.2 Å². The normalized spacial score (nSPS) is 12.4. The zero-order chi connectivity index (χ0) is 31.0. The van der Waals surface area contributed by atoms with Gasteiger partial charge in [-0.25, -0.2) is 4.79 Å². The number of nitrogens with zero attached hydrogens (tertiary/aromatic N) is 1. The van der Waals surface area contributed by atoms with E-state index in [1.807, 2.05) is 49.4 Å². The van der Waals surface area contributed by atoms with Crippen LogP contribution in [0, 0.1) is 0 Å². The summed E-state index contributed by atoms with van der Waals surface area (Å²) in [6, 6.07) is 22.1. The van der Waals surface area contributed by atoms with Gasteiger partial charge in [0.2, 0.25) is 5.91 Å². The maximum absolute atomic E-state index is 13.4. The summed E-state index contributed by atoms with van der Waals surface area (Å²) in [6.45, 7) is 8.78. The molecule has 0 radical (unpaired) electrons. The van der Waals surface area contributed by atoms with Crippen molar-refractivity contribution in [2.24, 2.45) is 0 Å². The lowest BCUT2D eigenvalue weighted by molar-refractivity contribution is -0.137. The van der Waals surface area contributed by atoms with Crippen molar-refractivity contribution in [3.63, 3.8) is 0 Å². The van der Waals surface area contributed by atoms with E-state index in [2.05, 4.69) is 50.4 Å². The van der Waals surface area contributed by atoms with Crippen LogP contribution in [0.2, 0.25) is 0 Å². The Hall–Kier alpha value is -3.43. The Morgan fingerprint density at radius 1 is 0.907 bits per heavy atom. The molecule has 1 aliphatic rings. The first-order chi connectivity index (χ1) is 20.6. The fourth-order valence-electron chi connectivity index (χ4n) is 5.14. The number of aliphatic carboxylic acids is 1. The molecule has 1 aliphatic carbocycles. The Kier molecular flexibility index (Phi) is 11.2. The highest BCUT2D eigenvalue weighted by Gasteiger charge is 2.29. The molecule has 2 N–H and O–H groups in total. The van der Waals surface area contributed by atoms with Crippen molar-refractivity contribution < 1.29 is 24.2 Å². The standard InChI is InChI=1S/C34H40N2O5S2/c1-5-30(37)36(21-12-6-7-20-31(38)39)28-18-13-19-29(42-43-34(2,3)4)32(28)35-33(40)41-22-27-25-16-10-8-14-23(25)24-15-9-11-17-26(24)27/h8-11,13-19,27H,5-7,12,20-22H2,1-4H3,(H,35,40)(H,38,39). The quantitative estimate of drug-likeness (QED) is 0.145. The van der Waals surface area contributed by atoms with Crippen LogP contribution in [0.3, 0.4) is 0 Å². The molecule has 0 fully saturated rings. The monoisotopic (exact) mass is 620 g/mol. The van der Waals surface area contributed by atoms with Crippen molar-refractivity contribution in [2.75, 3.05) is 23.4 Å². The largest absolute Gasteiger partial charge is 0.481 e. The van der Waals surface area contributed by atoms with E-state index in [0.29, 0.717) is 43.6 Å². The molecule has 3 aromatic carbocycles. The van der Waals surface area contributed by atoms with E-state index >= 15 is 0 Å². The minimum absolute atomic E-state index is 0.0369. The van der Waals surface area contributed by atoms with Crippen molar-refractivity contribution in [3.05, 3.63) is 77.9 Å². The second-order valence-corrected chi connectivity index (χ2v) is 14.5. The summed E-state index contributed by atoms with van der Waals surface area (Å²) in [7, 11) is 3.22. The molecule has 2 amide bonds. The average Bonchev–Trinajstić information content (AvgIpc) is 3.30. The minimum atomic E-state index is -0.822. The number of anilines is 2. The van der Waals surface area contributed by atoms with Crippen LogP contribution >= 0.6 is 21.6 Å². The molecule has 0 saturated heterocycles. The number of carboxylic acids is 1. The molecule has 0 aliphatic heterocycles. The number of carbonyl (C=O) groups is 3. The summed E-state index contributed by atoms with van der Waals surface area (Å²) in [5.74, 6) is -0.959. The van der Waals surface area contributed by atoms with Crippen LogP contribution in [-0.2, 0) is 14.3 Å². The van der Waals surface area contributed by atoms with Gasteiger partial charge in [0.1, 0.15) is 6.61 Å². The highest BCUT2D eigenvalue weighted by molar-refractivity contribution is 8.77. The van der Waals surface area contributed by atoms with Crippen molar-refractivity contribution in [3.8, 4) is 11.1 Å². The van der Waals surface area contributed by atoms with Crippen LogP contribution in [0.5, 0.6) is 0 Å². The molecule has 228 valence electrons. The number of benzene rings is 3. The van der Waals surface area contributed by atoms with Gasteiger partial charge in [0.05, 0.1) is 11.4 Å². The molecule has 0 heterocycles. The van der Waals surface area contributed by atoms with Gasteiger partial charge in [-0.1, -0.05) is 110 Å². The van der Waals surface area contributed by atoms with Crippen LogP contribution < -0.4 is 10.2 Å². The Balaban J connectivity index is 1.56. The number of amides is 2. The summed E-state index contributed by atoms with van der Waals surface area (Å²) >= 11 is 0. The molecule has 4 rings (SSSR count). The lowest BCUT2D eigenvalue weighted by Gasteiger charge is -2.27. The van der Waals surface area contributed by atoms with Gasteiger partial charge in [0.15, 0.2) is 0 Å². The Bertz CT molecular complexity index is 1410. The van der Waals surface area contributed by atoms with Crippen molar-refractivity contribution in [1.29, 1.82) is 0 Å². The van der Waals surface area contributed by atoms with E-state index < -0.39 is 12.1 Å². The van der Waals surface area contributed by atoms with E-state index in [0.717, 1.165) is 27.1 Å². The first kappa shape index (κ1) is 32.5. The highest BCUT2D eigenvalue weighted by Crippen LogP contribution is 2.47. The molecular weight excluding hydrogens is 581 g/mol. The number of para-hydroxylation sites is 1. The number of ether oxygens (including phenoxy) is 1. The van der Waals surface area contributed by atoms with E-state index in [1.54, 1.807) is 26.5 Å². The summed E-state index contributed by atoms with van der Waals surface area (Å²) < 4.78 is 5.84. The SMILES string of the molecule is CCC(=O)N(CCCCCC(=O)O)c1cccc(SSC(C)(C)C)c1NC(=O)OCC1c2ccccc2-c2ccccc21. The van der Waals surface area contributed by atoms with E-state index in [9.17, 15) is 14.4 Å². The number of carboxylic acid groups (broad SMARTS) is 1. The van der Waals surface area contributed by atoms with Crippen LogP contribution in [0.25, 0.3) is 11.1 Å². The lowest BCUT2D eigenvalue weighted by atomic mass is 9.98. The van der Waals surface area contributed by atoms with Gasteiger partial charge < -0.3 is 14.7 Å². The fraction of sp³-hybridized carbons (Fsp3) is 0.382. The van der Waals surface area contributed by atoms with Crippen LogP contribution in [-0.4, -0.2) is 41.0 Å². The number of unbranched alkanes of at least 4 members (excludes halogenated alkanes) is 2. The predicted octanol–water partition coefficient (Wildman–Crippen LogP) is 8.97. The number of nitrogens with one attached hydrogen (secondary N) is 1. The third-order valence-corrected chi connectivity index (χ3v) is 10.5. The van der Waals surface area contributed by atoms with Gasteiger partial charge in [0.25, 0.3) is 0 Å². The van der Waals surface area contributed by atoms with Gasteiger partial charge in [0, 0.05) is 34.9 Å². The predicted molar refractivity (Wildman–Crippen MR) is 177 cm³/mol. The topological polar surface area (TPSA) is 95.9 Å². The first-order valence-corrected chi connectivity index (χ1v) is 16.9. The van der Waals surface area contributed by atoms with Crippen LogP contribution in [0.15, 0.2) is 71.6 Å². The first-order valence-electron chi connectivity index (χ1n) is 14.7. The molecule has 0 unspecified atom stereocenters. The molecular formula is C34H40N2O5S2. The Morgan fingerprint density at radius 3 is 2.16 bits per heavy atom. The Labute approximate surface area is 262 Å². The van der Waals surface area contributed by atoms with Gasteiger partial charge in [-0.15, -0.1) is 0 Å². The molecule has 0 spiro atoms. The summed E-state index contributed by atoms with van der Waals surface area (Å²) in [5, 5.41) is 12.0. The zero-order valence-corrected chi connectivity index (χ0v) is 26.9. The summed E-state index contributed by atoms with van der Waals surface area (Å²) in [6.07, 6.45) is 1.70. The average molecular weight is 621 g/mol. The maximum Gasteiger partial charge on any atom is 0.411 e. The zero-order valence-electron chi connectivity index (χ0n) is 25.2. The number of hydrogen-bond donors (Lipinski definition) is 2. The minimum Gasteiger partial charge on any atom is -0.481 e. The lowest BCUT2D eigenvalue weighted by Crippen LogP contribution is -2.32. The third-order valence-electron chi connectivity index (χ3n) is 7.12. The van der Waals surface area contributed by atoms with Crippen molar-refractivity contribution in [2.45, 2.75) is 75.4 Å². The molecule has 0 aromatic heterocycles. The molecule has 0 saturated carbocycles. The number of fused-ring (bicyclic) bond motifs is 3. The van der Waals surface area contributed by atoms with Crippen LogP contribution in [0.4, 0.5) is 16.2 Å². The molecule has 43 heavy (non-hydrogen) atoms. The second kappa shape index (κ2) is 14.8. The second-order valence-electron chi connectivity index (χ2n) is 11.5. The van der Waals surface area contributed by atoms with E-state index in [4.69, 9.17) is 9.84 Å². The fourth-order valence-corrected chi connectivity index (χ4v) is 7.29. The van der Waals surface area contributed by atoms with Gasteiger partial charge in [-0.3, -0.25) is 14.9 Å². The molecule has 7 nitrogen and oxygen atoms in total. The molecule has 0 bridgehead atoms. The number of rotatable bonds is 13. The number of hydrogen-bond acceptors (Lipinski definition) is 6. The van der Waals surface area contributed by atoms with E-state index in [-0.39, 0.29) is 29.6 Å². The van der Waals surface area contributed by atoms with Gasteiger partial charge >= 0.3 is 12.1 Å². The van der Waals surface area contributed by atoms with E-state index in [1.165, 1.54) is 0 Å². The highest BCUT2D eigenvalue weighted by atomic mass is 33.1. The number of carbonyl (C=O) groups excluding carboxylic acids is 2. The molecule has 0 atom stereocenters. The van der Waals surface area contributed by atoms with Gasteiger partial charge in [-0.2, -0.15) is 0 Å². The van der Waals surface area contributed by atoms with Crippen molar-refractivity contribution in [1.82, 2.24) is 0 Å². The van der Waals surface area contributed by atoms with Crippen molar-refractivity contribution >= 4 is 50.9 Å². The Morgan fingerprint density at radius 2 is 1.56 bits per heavy atom. The smallest absolute Gasteiger partial charge is 0.411 e. The van der Waals surface area contributed by atoms with Crippen LogP contribution in [0.1, 0.15) is 76.8 Å². The summed E-state index contributed by atoms with van der Waals surface area (Å²) in [5.41, 5.74) is 5.74.